The van der Waals surface area contributed by atoms with Crippen molar-refractivity contribution in [1.29, 1.82) is 0 Å². The lowest BCUT2D eigenvalue weighted by molar-refractivity contribution is 0.426. The van der Waals surface area contributed by atoms with Crippen molar-refractivity contribution in [2.24, 2.45) is 0 Å². The van der Waals surface area contributed by atoms with E-state index in [9.17, 15) is 10.0 Å². The van der Waals surface area contributed by atoms with Crippen molar-refractivity contribution < 1.29 is 10.0 Å². The third-order valence-corrected chi connectivity index (χ3v) is 5.15. The van der Waals surface area contributed by atoms with Gasteiger partial charge >= 0.3 is 7.12 Å². The molecule has 0 unspecified atom stereocenters. The molecular formula is C23H16BCl2NO2. The minimum absolute atomic E-state index is 0.431. The molecule has 0 atom stereocenters. The molecule has 6 heteroatoms. The fourth-order valence-corrected chi connectivity index (χ4v) is 3.33. The fraction of sp³-hybridized carbons (Fsp3) is 0. The molecule has 0 saturated carbocycles. The highest BCUT2D eigenvalue weighted by Gasteiger charge is 2.12. The topological polar surface area (TPSA) is 53.4 Å². The van der Waals surface area contributed by atoms with Crippen LogP contribution in [0.2, 0.25) is 10.0 Å². The Balaban J connectivity index is 1.85. The van der Waals surface area contributed by atoms with E-state index in [0.29, 0.717) is 15.5 Å². The normalized spacial score (nSPS) is 10.8. The molecule has 2 N–H and O–H groups in total. The van der Waals surface area contributed by atoms with Gasteiger partial charge < -0.3 is 10.0 Å². The van der Waals surface area contributed by atoms with Gasteiger partial charge in [-0.1, -0.05) is 71.7 Å². The summed E-state index contributed by atoms with van der Waals surface area (Å²) in [6, 6.07) is 26.3. The summed E-state index contributed by atoms with van der Waals surface area (Å²) in [6.45, 7) is 0. The van der Waals surface area contributed by atoms with E-state index in [1.54, 1.807) is 12.1 Å². The van der Waals surface area contributed by atoms with Gasteiger partial charge in [0.05, 0.1) is 11.4 Å². The summed E-state index contributed by atoms with van der Waals surface area (Å²) in [5.41, 5.74) is 5.88. The lowest BCUT2D eigenvalue weighted by atomic mass is 9.80. The Morgan fingerprint density at radius 2 is 0.966 bits per heavy atom. The highest BCUT2D eigenvalue weighted by atomic mass is 35.5. The van der Waals surface area contributed by atoms with Crippen molar-refractivity contribution in [3.63, 3.8) is 0 Å². The standard InChI is InChI=1S/C23H16BCl2NO2/c25-20-9-3-15(4-10-20)18-13-22(16-1-7-19(8-2-16)24(28)29)27-23(14-18)17-5-11-21(26)12-6-17/h1-14,28-29H. The van der Waals surface area contributed by atoms with Crippen LogP contribution in [-0.2, 0) is 0 Å². The quantitative estimate of drug-likeness (QED) is 0.454. The molecule has 0 saturated heterocycles. The minimum atomic E-state index is -1.50. The second-order valence-corrected chi connectivity index (χ2v) is 7.51. The maximum absolute atomic E-state index is 9.33. The van der Waals surface area contributed by atoms with Crippen molar-refractivity contribution in [3.05, 3.63) is 95.0 Å². The summed E-state index contributed by atoms with van der Waals surface area (Å²) in [5.74, 6) is 0. The van der Waals surface area contributed by atoms with E-state index >= 15 is 0 Å². The highest BCUT2D eigenvalue weighted by Crippen LogP contribution is 2.31. The molecule has 4 aromatic rings. The molecule has 0 aliphatic heterocycles. The molecule has 1 heterocycles. The van der Waals surface area contributed by atoms with Gasteiger partial charge in [0, 0.05) is 21.2 Å². The molecule has 4 rings (SSSR count). The molecule has 0 radical (unpaired) electrons. The molecule has 3 aromatic carbocycles. The molecule has 0 aliphatic rings. The van der Waals surface area contributed by atoms with Gasteiger partial charge in [-0.25, -0.2) is 4.98 Å². The molecule has 1 aromatic heterocycles. The molecule has 142 valence electrons. The first kappa shape index (κ1) is 19.7. The third kappa shape index (κ3) is 4.52. The van der Waals surface area contributed by atoms with Crippen molar-refractivity contribution >= 4 is 35.8 Å². The van der Waals surface area contributed by atoms with E-state index in [0.717, 1.165) is 33.6 Å². The fourth-order valence-electron chi connectivity index (χ4n) is 3.08. The molecule has 0 bridgehead atoms. The van der Waals surface area contributed by atoms with Crippen molar-refractivity contribution in [2.45, 2.75) is 0 Å². The first-order valence-electron chi connectivity index (χ1n) is 9.00. The third-order valence-electron chi connectivity index (χ3n) is 4.65. The average Bonchev–Trinajstić information content (AvgIpc) is 2.74. The van der Waals surface area contributed by atoms with Crippen LogP contribution >= 0.6 is 23.2 Å². The molecule has 0 spiro atoms. The van der Waals surface area contributed by atoms with Crippen LogP contribution in [0.25, 0.3) is 33.6 Å². The molecule has 0 aliphatic carbocycles. The van der Waals surface area contributed by atoms with Gasteiger partial charge in [-0.3, -0.25) is 0 Å². The van der Waals surface area contributed by atoms with Gasteiger partial charge in [0.25, 0.3) is 0 Å². The van der Waals surface area contributed by atoms with Gasteiger partial charge in [0.2, 0.25) is 0 Å². The number of nitrogens with zero attached hydrogens (tertiary/aromatic N) is 1. The number of rotatable bonds is 4. The first-order chi connectivity index (χ1) is 14.0. The first-order valence-corrected chi connectivity index (χ1v) is 9.75. The van der Waals surface area contributed by atoms with Gasteiger partial charge in [-0.05, 0) is 53.0 Å². The largest absolute Gasteiger partial charge is 0.488 e. The van der Waals surface area contributed by atoms with Gasteiger partial charge in [0.15, 0.2) is 0 Å². The van der Waals surface area contributed by atoms with Gasteiger partial charge in [-0.15, -0.1) is 0 Å². The van der Waals surface area contributed by atoms with Crippen LogP contribution in [0.15, 0.2) is 84.9 Å². The Morgan fingerprint density at radius 3 is 1.41 bits per heavy atom. The Morgan fingerprint density at radius 1 is 0.552 bits per heavy atom. The van der Waals surface area contributed by atoms with Crippen molar-refractivity contribution in [3.8, 4) is 33.6 Å². The summed E-state index contributed by atoms with van der Waals surface area (Å²) in [4.78, 5) is 4.83. The molecule has 3 nitrogen and oxygen atoms in total. The van der Waals surface area contributed by atoms with Gasteiger partial charge in [-0.2, -0.15) is 0 Å². The smallest absolute Gasteiger partial charge is 0.423 e. The Bertz CT molecular complexity index is 1070. The zero-order chi connectivity index (χ0) is 20.4. The minimum Gasteiger partial charge on any atom is -0.423 e. The van der Waals surface area contributed by atoms with E-state index in [2.05, 4.69) is 0 Å². The molecule has 29 heavy (non-hydrogen) atoms. The lowest BCUT2D eigenvalue weighted by Crippen LogP contribution is -2.29. The van der Waals surface area contributed by atoms with Crippen LogP contribution in [0.1, 0.15) is 0 Å². The summed E-state index contributed by atoms with van der Waals surface area (Å²) in [7, 11) is -1.50. The summed E-state index contributed by atoms with van der Waals surface area (Å²) in [6.07, 6.45) is 0. The number of pyridine rings is 1. The number of aromatic nitrogens is 1. The second-order valence-electron chi connectivity index (χ2n) is 6.64. The predicted octanol–water partition coefficient (Wildman–Crippen LogP) is 5.07. The van der Waals surface area contributed by atoms with E-state index in [-0.39, 0.29) is 0 Å². The second kappa shape index (κ2) is 8.40. The molecular weight excluding hydrogens is 404 g/mol. The Labute approximate surface area is 179 Å². The van der Waals surface area contributed by atoms with Crippen LogP contribution in [0.4, 0.5) is 0 Å². The molecule has 0 amide bonds. The lowest BCUT2D eigenvalue weighted by Gasteiger charge is -2.11. The number of halogens is 2. The van der Waals surface area contributed by atoms with Crippen LogP contribution in [0.3, 0.4) is 0 Å². The summed E-state index contributed by atoms with van der Waals surface area (Å²) < 4.78 is 0. The average molecular weight is 420 g/mol. The Kier molecular flexibility index (Phi) is 5.70. The monoisotopic (exact) mass is 419 g/mol. The number of hydrogen-bond donors (Lipinski definition) is 2. The Hall–Kier alpha value is -2.63. The van der Waals surface area contributed by atoms with E-state index in [4.69, 9.17) is 28.2 Å². The zero-order valence-corrected chi connectivity index (χ0v) is 16.8. The zero-order valence-electron chi connectivity index (χ0n) is 15.3. The van der Waals surface area contributed by atoms with Crippen molar-refractivity contribution in [2.75, 3.05) is 0 Å². The number of benzene rings is 3. The highest BCUT2D eigenvalue weighted by molar-refractivity contribution is 6.58. The van der Waals surface area contributed by atoms with Crippen LogP contribution < -0.4 is 5.46 Å². The maximum Gasteiger partial charge on any atom is 0.488 e. The van der Waals surface area contributed by atoms with Crippen LogP contribution in [0, 0.1) is 0 Å². The number of hydrogen-bond acceptors (Lipinski definition) is 3. The summed E-state index contributed by atoms with van der Waals surface area (Å²) >= 11 is 12.1. The van der Waals surface area contributed by atoms with Crippen LogP contribution in [0.5, 0.6) is 0 Å². The van der Waals surface area contributed by atoms with Crippen molar-refractivity contribution in [1.82, 2.24) is 4.98 Å². The van der Waals surface area contributed by atoms with Crippen LogP contribution in [-0.4, -0.2) is 22.2 Å². The summed E-state index contributed by atoms with van der Waals surface area (Å²) in [5, 5.41) is 20.0. The maximum atomic E-state index is 9.33. The molecule has 0 fully saturated rings. The SMILES string of the molecule is OB(O)c1ccc(-c2cc(-c3ccc(Cl)cc3)cc(-c3ccc(Cl)cc3)n2)cc1. The predicted molar refractivity (Wildman–Crippen MR) is 120 cm³/mol. The van der Waals surface area contributed by atoms with E-state index < -0.39 is 7.12 Å². The van der Waals surface area contributed by atoms with E-state index in [1.807, 2.05) is 72.8 Å². The van der Waals surface area contributed by atoms with Gasteiger partial charge in [0.1, 0.15) is 0 Å². The van der Waals surface area contributed by atoms with E-state index in [1.165, 1.54) is 0 Å².